The number of morpholine rings is 1. The summed E-state index contributed by atoms with van der Waals surface area (Å²) in [6.07, 6.45) is 3.82. The summed E-state index contributed by atoms with van der Waals surface area (Å²) in [7, 11) is 3.55. The third-order valence-electron chi connectivity index (χ3n) is 5.58. The summed E-state index contributed by atoms with van der Waals surface area (Å²) in [6.45, 7) is 6.55. The highest BCUT2D eigenvalue weighted by atomic mass is 16.5. The first-order valence-electron chi connectivity index (χ1n) is 10.2. The summed E-state index contributed by atoms with van der Waals surface area (Å²) in [5, 5.41) is 7.13. The SMILES string of the molecule is CCCC1CC1NC(=NC)NCC(c1ccc(OC)cc1)N1CCOCC1. The van der Waals surface area contributed by atoms with Crippen molar-refractivity contribution in [3.63, 3.8) is 0 Å². The number of benzene rings is 1. The van der Waals surface area contributed by atoms with E-state index in [1.165, 1.54) is 24.8 Å². The summed E-state index contributed by atoms with van der Waals surface area (Å²) in [6, 6.07) is 9.26. The standard InChI is InChI=1S/C21H34N4O2/c1-4-5-17-14-19(17)24-21(22-2)23-15-20(25-10-12-27-13-11-25)16-6-8-18(26-3)9-7-16/h6-9,17,19-20H,4-5,10-15H2,1-3H3,(H2,22,23,24). The van der Waals surface area contributed by atoms with Crippen molar-refractivity contribution >= 4 is 5.96 Å². The molecule has 0 aromatic heterocycles. The lowest BCUT2D eigenvalue weighted by Crippen LogP contribution is -2.46. The van der Waals surface area contributed by atoms with E-state index in [0.29, 0.717) is 6.04 Å². The van der Waals surface area contributed by atoms with Gasteiger partial charge >= 0.3 is 0 Å². The number of rotatable bonds is 8. The van der Waals surface area contributed by atoms with Crippen LogP contribution in [0, 0.1) is 5.92 Å². The Morgan fingerprint density at radius 3 is 2.67 bits per heavy atom. The number of hydrogen-bond donors (Lipinski definition) is 2. The zero-order chi connectivity index (χ0) is 19.1. The minimum absolute atomic E-state index is 0.281. The summed E-state index contributed by atoms with van der Waals surface area (Å²) in [5.74, 6) is 2.61. The van der Waals surface area contributed by atoms with Gasteiger partial charge in [0.1, 0.15) is 5.75 Å². The van der Waals surface area contributed by atoms with Gasteiger partial charge in [-0.3, -0.25) is 9.89 Å². The average Bonchev–Trinajstić information content (AvgIpc) is 3.46. The molecule has 6 nitrogen and oxygen atoms in total. The molecule has 1 heterocycles. The van der Waals surface area contributed by atoms with Crippen LogP contribution in [0.2, 0.25) is 0 Å². The highest BCUT2D eigenvalue weighted by Gasteiger charge is 2.36. The molecule has 27 heavy (non-hydrogen) atoms. The van der Waals surface area contributed by atoms with Crippen molar-refractivity contribution in [2.75, 3.05) is 47.0 Å². The Balaban J connectivity index is 1.61. The van der Waals surface area contributed by atoms with Crippen LogP contribution in [0.15, 0.2) is 29.3 Å². The molecule has 3 atom stereocenters. The van der Waals surface area contributed by atoms with Gasteiger partial charge < -0.3 is 20.1 Å². The van der Waals surface area contributed by atoms with Gasteiger partial charge in [-0.25, -0.2) is 0 Å². The molecule has 0 radical (unpaired) electrons. The first-order chi connectivity index (χ1) is 13.2. The normalized spacial score (nSPS) is 24.3. The number of guanidine groups is 1. The van der Waals surface area contributed by atoms with Crippen molar-refractivity contribution in [3.8, 4) is 5.75 Å². The number of aliphatic imine (C=N–C) groups is 1. The van der Waals surface area contributed by atoms with E-state index in [2.05, 4.69) is 39.6 Å². The van der Waals surface area contributed by atoms with Crippen LogP contribution < -0.4 is 15.4 Å². The van der Waals surface area contributed by atoms with E-state index >= 15 is 0 Å². The lowest BCUT2D eigenvalue weighted by molar-refractivity contribution is 0.0170. The van der Waals surface area contributed by atoms with Crippen LogP contribution in [0.3, 0.4) is 0 Å². The highest BCUT2D eigenvalue weighted by molar-refractivity contribution is 5.80. The van der Waals surface area contributed by atoms with Gasteiger partial charge in [0.2, 0.25) is 0 Å². The van der Waals surface area contributed by atoms with Crippen molar-refractivity contribution in [1.82, 2.24) is 15.5 Å². The fourth-order valence-electron chi connectivity index (χ4n) is 3.85. The molecule has 1 aliphatic heterocycles. The van der Waals surface area contributed by atoms with Gasteiger partial charge in [0.15, 0.2) is 5.96 Å². The summed E-state index contributed by atoms with van der Waals surface area (Å²) in [4.78, 5) is 6.92. The second kappa shape index (κ2) is 9.95. The predicted octanol–water partition coefficient (Wildman–Crippen LogP) is 2.42. The summed E-state index contributed by atoms with van der Waals surface area (Å²) in [5.41, 5.74) is 1.29. The van der Waals surface area contributed by atoms with Crippen LogP contribution in [-0.4, -0.2) is 63.9 Å². The quantitative estimate of drug-likeness (QED) is 0.541. The zero-order valence-electron chi connectivity index (χ0n) is 16.9. The molecule has 1 saturated heterocycles. The van der Waals surface area contributed by atoms with Crippen molar-refractivity contribution in [2.45, 2.75) is 38.3 Å². The van der Waals surface area contributed by atoms with E-state index in [1.807, 2.05) is 19.2 Å². The van der Waals surface area contributed by atoms with Gasteiger partial charge in [-0.2, -0.15) is 0 Å². The second-order valence-corrected chi connectivity index (χ2v) is 7.43. The van der Waals surface area contributed by atoms with Gasteiger partial charge in [-0.15, -0.1) is 0 Å². The van der Waals surface area contributed by atoms with Crippen molar-refractivity contribution in [1.29, 1.82) is 0 Å². The molecule has 1 saturated carbocycles. The maximum Gasteiger partial charge on any atom is 0.191 e. The molecule has 1 aromatic carbocycles. The van der Waals surface area contributed by atoms with Crippen molar-refractivity contribution in [3.05, 3.63) is 29.8 Å². The van der Waals surface area contributed by atoms with Crippen LogP contribution >= 0.6 is 0 Å². The average molecular weight is 375 g/mol. The molecule has 2 N–H and O–H groups in total. The van der Waals surface area contributed by atoms with Crippen LogP contribution in [0.4, 0.5) is 0 Å². The van der Waals surface area contributed by atoms with Crippen LogP contribution in [0.1, 0.15) is 37.8 Å². The smallest absolute Gasteiger partial charge is 0.191 e. The minimum atomic E-state index is 0.281. The van der Waals surface area contributed by atoms with Gasteiger partial charge in [-0.1, -0.05) is 25.5 Å². The van der Waals surface area contributed by atoms with Gasteiger partial charge in [0.25, 0.3) is 0 Å². The van der Waals surface area contributed by atoms with Gasteiger partial charge in [0.05, 0.1) is 26.4 Å². The molecule has 0 amide bonds. The summed E-state index contributed by atoms with van der Waals surface area (Å²) >= 11 is 0. The largest absolute Gasteiger partial charge is 0.497 e. The molecule has 2 aliphatic rings. The van der Waals surface area contributed by atoms with E-state index in [1.54, 1.807) is 7.11 Å². The van der Waals surface area contributed by atoms with Gasteiger partial charge in [0, 0.05) is 32.7 Å². The lowest BCUT2D eigenvalue weighted by Gasteiger charge is -2.35. The Hall–Kier alpha value is -1.79. The molecule has 3 unspecified atom stereocenters. The Bertz CT molecular complexity index is 599. The molecule has 3 rings (SSSR count). The molecule has 1 aliphatic carbocycles. The topological polar surface area (TPSA) is 58.1 Å². The molecule has 2 fully saturated rings. The summed E-state index contributed by atoms with van der Waals surface area (Å²) < 4.78 is 10.9. The van der Waals surface area contributed by atoms with E-state index in [-0.39, 0.29) is 6.04 Å². The third-order valence-corrected chi connectivity index (χ3v) is 5.58. The van der Waals surface area contributed by atoms with E-state index in [9.17, 15) is 0 Å². The lowest BCUT2D eigenvalue weighted by atomic mass is 10.0. The van der Waals surface area contributed by atoms with Crippen molar-refractivity contribution in [2.24, 2.45) is 10.9 Å². The first-order valence-corrected chi connectivity index (χ1v) is 10.2. The second-order valence-electron chi connectivity index (χ2n) is 7.43. The van der Waals surface area contributed by atoms with Crippen LogP contribution in [0.25, 0.3) is 0 Å². The first kappa shape index (κ1) is 20.0. The molecule has 150 valence electrons. The Morgan fingerprint density at radius 1 is 1.30 bits per heavy atom. The minimum Gasteiger partial charge on any atom is -0.497 e. The highest BCUT2D eigenvalue weighted by Crippen LogP contribution is 2.34. The van der Waals surface area contributed by atoms with E-state index in [4.69, 9.17) is 9.47 Å². The number of nitrogens with one attached hydrogen (secondary N) is 2. The number of nitrogens with zero attached hydrogens (tertiary/aromatic N) is 2. The zero-order valence-corrected chi connectivity index (χ0v) is 16.9. The molecule has 0 bridgehead atoms. The predicted molar refractivity (Wildman–Crippen MR) is 109 cm³/mol. The Labute approximate surface area is 163 Å². The fourth-order valence-corrected chi connectivity index (χ4v) is 3.85. The molecule has 0 spiro atoms. The van der Waals surface area contributed by atoms with E-state index < -0.39 is 0 Å². The molecular weight excluding hydrogens is 340 g/mol. The number of methoxy groups -OCH3 is 1. The van der Waals surface area contributed by atoms with Crippen LogP contribution in [-0.2, 0) is 4.74 Å². The third kappa shape index (κ3) is 5.59. The maximum atomic E-state index is 5.55. The number of ether oxygens (including phenoxy) is 2. The van der Waals surface area contributed by atoms with Crippen molar-refractivity contribution < 1.29 is 9.47 Å². The van der Waals surface area contributed by atoms with Gasteiger partial charge in [-0.05, 0) is 36.5 Å². The monoisotopic (exact) mass is 374 g/mol. The molecule has 1 aromatic rings. The Morgan fingerprint density at radius 2 is 2.04 bits per heavy atom. The number of hydrogen-bond acceptors (Lipinski definition) is 4. The fraction of sp³-hybridized carbons (Fsp3) is 0.667. The van der Waals surface area contributed by atoms with Crippen LogP contribution in [0.5, 0.6) is 5.75 Å². The molecule has 6 heteroatoms. The molecular formula is C21H34N4O2. The van der Waals surface area contributed by atoms with E-state index in [0.717, 1.165) is 50.5 Å². The maximum absolute atomic E-state index is 5.55. The Kier molecular flexibility index (Phi) is 7.35.